The number of carbonyl (C=O) groups is 1. The maximum atomic E-state index is 12.1. The van der Waals surface area contributed by atoms with Crippen LogP contribution in [0.25, 0.3) is 0 Å². The summed E-state index contributed by atoms with van der Waals surface area (Å²) in [5.41, 5.74) is 1.07. The third-order valence-electron chi connectivity index (χ3n) is 3.28. The molecule has 100 valence electrons. The van der Waals surface area contributed by atoms with Crippen molar-refractivity contribution in [2.75, 3.05) is 6.61 Å². The highest BCUT2D eigenvalue weighted by molar-refractivity contribution is 5.78. The molecule has 0 saturated heterocycles. The second-order valence-electron chi connectivity index (χ2n) is 4.76. The van der Waals surface area contributed by atoms with Gasteiger partial charge >= 0.3 is 5.97 Å². The monoisotopic (exact) mass is 248 g/mol. The lowest BCUT2D eigenvalue weighted by Crippen LogP contribution is -2.22. The van der Waals surface area contributed by atoms with Crippen LogP contribution < -0.4 is 0 Å². The molecule has 0 radical (unpaired) electrons. The Labute approximate surface area is 110 Å². The first kappa shape index (κ1) is 14.7. The Balaban J connectivity index is 2.84. The molecule has 1 rings (SSSR count). The fourth-order valence-electron chi connectivity index (χ4n) is 2.28. The number of hydrogen-bond donors (Lipinski definition) is 0. The molecule has 0 amide bonds. The lowest BCUT2D eigenvalue weighted by Gasteiger charge is -2.22. The summed E-state index contributed by atoms with van der Waals surface area (Å²) in [6, 6.07) is 9.97. The van der Waals surface area contributed by atoms with Gasteiger partial charge in [-0.15, -0.1) is 0 Å². The summed E-state index contributed by atoms with van der Waals surface area (Å²) in [4.78, 5) is 12.1. The normalized spacial score (nSPS) is 13.9. The standard InChI is InChI=1S/C16H24O2/c1-4-6-10-13(3)15(16(17)18-5-2)14-11-8-7-9-12-14/h7-9,11-13,15H,4-6,10H2,1-3H3. The minimum atomic E-state index is -0.127. The zero-order chi connectivity index (χ0) is 13.4. The van der Waals surface area contributed by atoms with Gasteiger partial charge in [0.15, 0.2) is 0 Å². The number of carbonyl (C=O) groups excluding carboxylic acids is 1. The Morgan fingerprint density at radius 2 is 1.89 bits per heavy atom. The van der Waals surface area contributed by atoms with Crippen molar-refractivity contribution in [3.05, 3.63) is 35.9 Å². The third kappa shape index (κ3) is 4.17. The van der Waals surface area contributed by atoms with Crippen molar-refractivity contribution in [1.29, 1.82) is 0 Å². The van der Waals surface area contributed by atoms with E-state index in [1.807, 2.05) is 37.3 Å². The van der Waals surface area contributed by atoms with E-state index in [0.29, 0.717) is 12.5 Å². The summed E-state index contributed by atoms with van der Waals surface area (Å²) in [5.74, 6) is 0.108. The van der Waals surface area contributed by atoms with Gasteiger partial charge in [-0.1, -0.05) is 57.0 Å². The van der Waals surface area contributed by atoms with Crippen LogP contribution in [0.2, 0.25) is 0 Å². The molecule has 0 heterocycles. The number of ether oxygens (including phenoxy) is 1. The molecule has 0 aliphatic carbocycles. The summed E-state index contributed by atoms with van der Waals surface area (Å²) >= 11 is 0. The first-order valence-corrected chi connectivity index (χ1v) is 6.92. The zero-order valence-electron chi connectivity index (χ0n) is 11.7. The van der Waals surface area contributed by atoms with Crippen LogP contribution in [0.3, 0.4) is 0 Å². The van der Waals surface area contributed by atoms with Crippen molar-refractivity contribution in [2.45, 2.75) is 46.0 Å². The molecule has 2 nitrogen and oxygen atoms in total. The van der Waals surface area contributed by atoms with Crippen LogP contribution in [0, 0.1) is 5.92 Å². The SMILES string of the molecule is CCCCC(C)C(C(=O)OCC)c1ccccc1. The molecule has 0 aliphatic rings. The molecule has 1 aromatic rings. The van der Waals surface area contributed by atoms with Gasteiger partial charge in [-0.25, -0.2) is 0 Å². The van der Waals surface area contributed by atoms with E-state index in [4.69, 9.17) is 4.74 Å². The largest absolute Gasteiger partial charge is 0.466 e. The summed E-state index contributed by atoms with van der Waals surface area (Å²) in [5, 5.41) is 0. The Kier molecular flexibility index (Phi) is 6.48. The van der Waals surface area contributed by atoms with Crippen LogP contribution >= 0.6 is 0 Å². The van der Waals surface area contributed by atoms with E-state index in [0.717, 1.165) is 24.8 Å². The molecule has 0 N–H and O–H groups in total. The fourth-order valence-corrected chi connectivity index (χ4v) is 2.28. The van der Waals surface area contributed by atoms with Gasteiger partial charge in [0.25, 0.3) is 0 Å². The van der Waals surface area contributed by atoms with E-state index in [2.05, 4.69) is 13.8 Å². The highest BCUT2D eigenvalue weighted by Gasteiger charge is 2.27. The first-order valence-electron chi connectivity index (χ1n) is 6.92. The quantitative estimate of drug-likeness (QED) is 0.677. The van der Waals surface area contributed by atoms with Gasteiger partial charge in [-0.2, -0.15) is 0 Å². The predicted molar refractivity (Wildman–Crippen MR) is 74.5 cm³/mol. The van der Waals surface area contributed by atoms with Crippen molar-refractivity contribution in [1.82, 2.24) is 0 Å². The number of hydrogen-bond acceptors (Lipinski definition) is 2. The molecule has 2 atom stereocenters. The molecule has 0 aromatic heterocycles. The topological polar surface area (TPSA) is 26.3 Å². The molecule has 2 unspecified atom stereocenters. The van der Waals surface area contributed by atoms with E-state index < -0.39 is 0 Å². The summed E-state index contributed by atoms with van der Waals surface area (Å²) < 4.78 is 5.22. The number of benzene rings is 1. The van der Waals surface area contributed by atoms with Gasteiger partial charge < -0.3 is 4.74 Å². The Bertz CT molecular complexity index is 345. The molecule has 1 aromatic carbocycles. The number of rotatable bonds is 7. The van der Waals surface area contributed by atoms with Crippen molar-refractivity contribution < 1.29 is 9.53 Å². The van der Waals surface area contributed by atoms with Gasteiger partial charge in [0, 0.05) is 0 Å². The van der Waals surface area contributed by atoms with E-state index in [-0.39, 0.29) is 11.9 Å². The van der Waals surface area contributed by atoms with Gasteiger partial charge in [-0.05, 0) is 24.8 Å². The summed E-state index contributed by atoms with van der Waals surface area (Å²) in [6.45, 7) is 6.62. The summed E-state index contributed by atoms with van der Waals surface area (Å²) in [7, 11) is 0. The third-order valence-corrected chi connectivity index (χ3v) is 3.28. The molecule has 18 heavy (non-hydrogen) atoms. The Morgan fingerprint density at radius 1 is 1.22 bits per heavy atom. The maximum Gasteiger partial charge on any atom is 0.313 e. The number of unbranched alkanes of at least 4 members (excludes halogenated alkanes) is 1. The second kappa shape index (κ2) is 7.91. The fraction of sp³-hybridized carbons (Fsp3) is 0.562. The number of esters is 1. The van der Waals surface area contributed by atoms with Gasteiger partial charge in [0.2, 0.25) is 0 Å². The highest BCUT2D eigenvalue weighted by Crippen LogP contribution is 2.29. The molecule has 0 bridgehead atoms. The van der Waals surface area contributed by atoms with Gasteiger partial charge in [0.1, 0.15) is 0 Å². The van der Waals surface area contributed by atoms with E-state index in [9.17, 15) is 4.79 Å². The predicted octanol–water partition coefficient (Wildman–Crippen LogP) is 4.16. The van der Waals surface area contributed by atoms with Crippen LogP contribution in [-0.2, 0) is 9.53 Å². The minimum Gasteiger partial charge on any atom is -0.466 e. The Morgan fingerprint density at radius 3 is 2.44 bits per heavy atom. The average molecular weight is 248 g/mol. The van der Waals surface area contributed by atoms with Crippen LogP contribution in [0.5, 0.6) is 0 Å². The summed E-state index contributed by atoms with van der Waals surface area (Å²) in [6.07, 6.45) is 3.38. The minimum absolute atomic E-state index is 0.0905. The van der Waals surface area contributed by atoms with Gasteiger partial charge in [0.05, 0.1) is 12.5 Å². The smallest absolute Gasteiger partial charge is 0.313 e. The zero-order valence-corrected chi connectivity index (χ0v) is 11.7. The van der Waals surface area contributed by atoms with Crippen LogP contribution in [0.1, 0.15) is 51.5 Å². The average Bonchev–Trinajstić information content (AvgIpc) is 2.38. The van der Waals surface area contributed by atoms with E-state index in [1.54, 1.807) is 0 Å². The van der Waals surface area contributed by atoms with Crippen molar-refractivity contribution in [3.63, 3.8) is 0 Å². The molecular weight excluding hydrogens is 224 g/mol. The first-order chi connectivity index (χ1) is 8.70. The molecular formula is C16H24O2. The van der Waals surface area contributed by atoms with Crippen molar-refractivity contribution in [2.24, 2.45) is 5.92 Å². The second-order valence-corrected chi connectivity index (χ2v) is 4.76. The Hall–Kier alpha value is -1.31. The van der Waals surface area contributed by atoms with E-state index >= 15 is 0 Å². The lowest BCUT2D eigenvalue weighted by atomic mass is 9.84. The molecule has 2 heteroatoms. The van der Waals surface area contributed by atoms with Crippen LogP contribution in [0.15, 0.2) is 30.3 Å². The van der Waals surface area contributed by atoms with Crippen molar-refractivity contribution in [3.8, 4) is 0 Å². The molecule has 0 spiro atoms. The van der Waals surface area contributed by atoms with Crippen molar-refractivity contribution >= 4 is 5.97 Å². The lowest BCUT2D eigenvalue weighted by molar-refractivity contribution is -0.146. The van der Waals surface area contributed by atoms with Gasteiger partial charge in [-0.3, -0.25) is 4.79 Å². The molecule has 0 aliphatic heterocycles. The molecule has 0 saturated carbocycles. The highest BCUT2D eigenvalue weighted by atomic mass is 16.5. The van der Waals surface area contributed by atoms with Crippen LogP contribution in [-0.4, -0.2) is 12.6 Å². The maximum absolute atomic E-state index is 12.1. The van der Waals surface area contributed by atoms with E-state index in [1.165, 1.54) is 0 Å². The molecule has 0 fully saturated rings. The van der Waals surface area contributed by atoms with Crippen LogP contribution in [0.4, 0.5) is 0 Å².